The van der Waals surface area contributed by atoms with Crippen molar-refractivity contribution in [2.24, 2.45) is 0 Å². The van der Waals surface area contributed by atoms with Gasteiger partial charge in [0.1, 0.15) is 24.7 Å². The van der Waals surface area contributed by atoms with Crippen LogP contribution in [0.25, 0.3) is 0 Å². The lowest BCUT2D eigenvalue weighted by molar-refractivity contribution is -0.124. The molecule has 1 aromatic carbocycles. The first-order valence-corrected chi connectivity index (χ1v) is 9.46. The monoisotopic (exact) mass is 389 g/mol. The lowest BCUT2D eigenvalue weighted by atomic mass is 9.88. The van der Waals surface area contributed by atoms with Crippen LogP contribution in [-0.2, 0) is 10.3 Å². The summed E-state index contributed by atoms with van der Waals surface area (Å²) in [6, 6.07) is 5.62. The molecule has 3 fully saturated rings. The third-order valence-electron chi connectivity index (χ3n) is 6.10. The largest absolute Gasteiger partial charge is 0.345 e. The van der Waals surface area contributed by atoms with E-state index in [0.717, 1.165) is 31.2 Å². The standard InChI is InChI=1S/C19H24FN5O3/c1-23-15-16(24(2)18(23)28)25(17(27)21-15)11-14(26)22-19(9-3-4-10-19)12-5-7-13(20)8-6-12/h5-8,15-16H,3-4,9-11H2,1-2H3,(H,21,27)(H,22,26). The fraction of sp³-hybridized carbons (Fsp3) is 0.526. The van der Waals surface area contributed by atoms with Crippen molar-refractivity contribution in [3.05, 3.63) is 35.6 Å². The number of nitrogens with zero attached hydrogens (tertiary/aromatic N) is 3. The number of carbonyl (C=O) groups excluding carboxylic acids is 3. The molecule has 3 aliphatic rings. The zero-order valence-corrected chi connectivity index (χ0v) is 15.9. The van der Waals surface area contributed by atoms with Crippen molar-refractivity contribution >= 4 is 18.0 Å². The van der Waals surface area contributed by atoms with Crippen LogP contribution in [-0.4, -0.2) is 65.6 Å². The summed E-state index contributed by atoms with van der Waals surface area (Å²) in [5.74, 6) is -0.613. The Bertz CT molecular complexity index is 808. The van der Waals surface area contributed by atoms with Gasteiger partial charge in [0, 0.05) is 14.1 Å². The van der Waals surface area contributed by atoms with Gasteiger partial charge >= 0.3 is 12.1 Å². The van der Waals surface area contributed by atoms with Gasteiger partial charge in [0.05, 0.1) is 5.54 Å². The number of likely N-dealkylation sites (N-methyl/N-ethyl adjacent to an activating group) is 2. The van der Waals surface area contributed by atoms with Crippen molar-refractivity contribution < 1.29 is 18.8 Å². The molecule has 0 bridgehead atoms. The van der Waals surface area contributed by atoms with E-state index in [1.165, 1.54) is 26.8 Å². The molecule has 1 aliphatic carbocycles. The average molecular weight is 389 g/mol. The van der Waals surface area contributed by atoms with Gasteiger partial charge in [-0.3, -0.25) is 9.69 Å². The highest BCUT2D eigenvalue weighted by molar-refractivity contribution is 5.89. The van der Waals surface area contributed by atoms with Gasteiger partial charge in [0.2, 0.25) is 5.91 Å². The van der Waals surface area contributed by atoms with E-state index in [1.807, 2.05) is 0 Å². The summed E-state index contributed by atoms with van der Waals surface area (Å²) in [6.07, 6.45) is 2.47. The Morgan fingerprint density at radius 3 is 2.46 bits per heavy atom. The van der Waals surface area contributed by atoms with Crippen molar-refractivity contribution in [2.75, 3.05) is 20.6 Å². The summed E-state index contributed by atoms with van der Waals surface area (Å²) in [6.45, 7) is -0.151. The van der Waals surface area contributed by atoms with Crippen LogP contribution < -0.4 is 10.6 Å². The van der Waals surface area contributed by atoms with Crippen LogP contribution in [0, 0.1) is 5.82 Å². The predicted octanol–water partition coefficient (Wildman–Crippen LogP) is 1.39. The summed E-state index contributed by atoms with van der Waals surface area (Å²) in [5.41, 5.74) is 0.325. The van der Waals surface area contributed by atoms with Gasteiger partial charge in [-0.15, -0.1) is 0 Å². The minimum absolute atomic E-state index is 0.151. The van der Waals surface area contributed by atoms with E-state index in [0.29, 0.717) is 0 Å². The van der Waals surface area contributed by atoms with E-state index in [-0.39, 0.29) is 30.3 Å². The quantitative estimate of drug-likeness (QED) is 0.816. The molecule has 2 heterocycles. The van der Waals surface area contributed by atoms with Crippen molar-refractivity contribution in [1.29, 1.82) is 0 Å². The van der Waals surface area contributed by atoms with Crippen molar-refractivity contribution in [3.8, 4) is 0 Å². The minimum atomic E-state index is -0.547. The zero-order valence-electron chi connectivity index (χ0n) is 15.9. The molecule has 2 aliphatic heterocycles. The first-order valence-electron chi connectivity index (χ1n) is 9.46. The Hall–Kier alpha value is -2.84. The molecule has 1 aromatic rings. The number of hydrogen-bond acceptors (Lipinski definition) is 3. The maximum Gasteiger partial charge on any atom is 0.323 e. The first-order chi connectivity index (χ1) is 13.3. The van der Waals surface area contributed by atoms with Crippen molar-refractivity contribution in [2.45, 2.75) is 43.6 Å². The number of nitrogens with one attached hydrogen (secondary N) is 2. The number of benzene rings is 1. The second-order valence-electron chi connectivity index (χ2n) is 7.78. The maximum absolute atomic E-state index is 13.3. The van der Waals surface area contributed by atoms with E-state index in [2.05, 4.69) is 10.6 Å². The fourth-order valence-electron chi connectivity index (χ4n) is 4.63. The molecule has 2 saturated heterocycles. The Morgan fingerprint density at radius 2 is 1.82 bits per heavy atom. The molecular formula is C19H24FN5O3. The highest BCUT2D eigenvalue weighted by Crippen LogP contribution is 2.39. The van der Waals surface area contributed by atoms with E-state index in [4.69, 9.17) is 0 Å². The third kappa shape index (κ3) is 2.85. The Morgan fingerprint density at radius 1 is 1.18 bits per heavy atom. The molecule has 0 spiro atoms. The predicted molar refractivity (Wildman–Crippen MR) is 98.4 cm³/mol. The smallest absolute Gasteiger partial charge is 0.323 e. The van der Waals surface area contributed by atoms with Crippen molar-refractivity contribution in [1.82, 2.24) is 25.3 Å². The number of urea groups is 2. The molecule has 28 heavy (non-hydrogen) atoms. The Labute approximate surface area is 162 Å². The van der Waals surface area contributed by atoms with E-state index in [1.54, 1.807) is 26.2 Å². The number of rotatable bonds is 4. The Balaban J connectivity index is 1.51. The van der Waals surface area contributed by atoms with Gasteiger partial charge in [-0.25, -0.2) is 14.0 Å². The molecular weight excluding hydrogens is 365 g/mol. The van der Waals surface area contributed by atoms with Gasteiger partial charge in [-0.2, -0.15) is 0 Å². The van der Waals surface area contributed by atoms with Crippen LogP contribution >= 0.6 is 0 Å². The normalized spacial score (nSPS) is 25.9. The van der Waals surface area contributed by atoms with Gasteiger partial charge in [-0.05, 0) is 30.5 Å². The van der Waals surface area contributed by atoms with E-state index >= 15 is 0 Å². The fourth-order valence-corrected chi connectivity index (χ4v) is 4.63. The lowest BCUT2D eigenvalue weighted by Crippen LogP contribution is -2.52. The lowest BCUT2D eigenvalue weighted by Gasteiger charge is -2.33. The van der Waals surface area contributed by atoms with Crippen LogP contribution in [0.1, 0.15) is 31.2 Å². The molecule has 9 heteroatoms. The third-order valence-corrected chi connectivity index (χ3v) is 6.10. The number of amides is 5. The SMILES string of the molecule is CN1C(=O)N(C)C2C1NC(=O)N2CC(=O)NC1(c2ccc(F)cc2)CCCC1. The summed E-state index contributed by atoms with van der Waals surface area (Å²) in [4.78, 5) is 41.7. The second kappa shape index (κ2) is 6.65. The van der Waals surface area contributed by atoms with Gasteiger partial charge in [0.25, 0.3) is 0 Å². The van der Waals surface area contributed by atoms with Crippen LogP contribution in [0.5, 0.6) is 0 Å². The van der Waals surface area contributed by atoms with E-state index in [9.17, 15) is 18.8 Å². The van der Waals surface area contributed by atoms with Crippen LogP contribution in [0.4, 0.5) is 14.0 Å². The van der Waals surface area contributed by atoms with Gasteiger partial charge in [-0.1, -0.05) is 25.0 Å². The molecule has 150 valence electrons. The second-order valence-corrected chi connectivity index (χ2v) is 7.78. The topological polar surface area (TPSA) is 85.0 Å². The average Bonchev–Trinajstić information content (AvgIpc) is 3.31. The van der Waals surface area contributed by atoms with Crippen LogP contribution in [0.15, 0.2) is 24.3 Å². The number of carbonyl (C=O) groups is 3. The molecule has 0 aromatic heterocycles. The number of halogens is 1. The summed E-state index contributed by atoms with van der Waals surface area (Å²) < 4.78 is 13.3. The molecule has 8 nitrogen and oxygen atoms in total. The molecule has 2 unspecified atom stereocenters. The van der Waals surface area contributed by atoms with Crippen LogP contribution in [0.3, 0.4) is 0 Å². The summed E-state index contributed by atoms with van der Waals surface area (Å²) in [7, 11) is 3.24. The highest BCUT2D eigenvalue weighted by Gasteiger charge is 2.53. The minimum Gasteiger partial charge on any atom is -0.345 e. The molecule has 2 N–H and O–H groups in total. The summed E-state index contributed by atoms with van der Waals surface area (Å²) in [5, 5.41) is 5.84. The number of fused-ring (bicyclic) bond motifs is 1. The molecule has 5 amide bonds. The van der Waals surface area contributed by atoms with Crippen LogP contribution in [0.2, 0.25) is 0 Å². The molecule has 4 rings (SSSR count). The zero-order chi connectivity index (χ0) is 20.1. The summed E-state index contributed by atoms with van der Waals surface area (Å²) >= 11 is 0. The number of hydrogen-bond donors (Lipinski definition) is 2. The first kappa shape index (κ1) is 18.5. The molecule has 2 atom stereocenters. The van der Waals surface area contributed by atoms with E-state index < -0.39 is 17.9 Å². The van der Waals surface area contributed by atoms with Gasteiger partial charge < -0.3 is 20.4 Å². The Kier molecular flexibility index (Phi) is 4.40. The maximum atomic E-state index is 13.3. The molecule has 1 saturated carbocycles. The highest BCUT2D eigenvalue weighted by atomic mass is 19.1. The van der Waals surface area contributed by atoms with Gasteiger partial charge in [0.15, 0.2) is 0 Å². The molecule has 0 radical (unpaired) electrons. The van der Waals surface area contributed by atoms with Crippen molar-refractivity contribution in [3.63, 3.8) is 0 Å².